The molecule has 6 nitrogen and oxygen atoms in total. The van der Waals surface area contributed by atoms with Crippen LogP contribution >= 0.6 is 11.6 Å². The summed E-state index contributed by atoms with van der Waals surface area (Å²) in [7, 11) is 0. The number of rotatable bonds is 3. The third-order valence-corrected chi connectivity index (χ3v) is 4.55. The summed E-state index contributed by atoms with van der Waals surface area (Å²) in [5.41, 5.74) is 1.88. The number of carbonyl (C=O) groups is 2. The van der Waals surface area contributed by atoms with E-state index in [1.807, 2.05) is 0 Å². The van der Waals surface area contributed by atoms with Crippen molar-refractivity contribution >= 4 is 34.9 Å². The Hall–Kier alpha value is -3.19. The van der Waals surface area contributed by atoms with Gasteiger partial charge in [-0.15, -0.1) is 0 Å². The molecule has 2 heterocycles. The largest absolute Gasteiger partial charge is 0.324 e. The molecule has 0 spiro atoms. The Morgan fingerprint density at radius 3 is 2.59 bits per heavy atom. The molecule has 2 N–H and O–H groups in total. The second kappa shape index (κ2) is 6.85. The minimum atomic E-state index is -0.793. The van der Waals surface area contributed by atoms with E-state index in [0.717, 1.165) is 0 Å². The van der Waals surface area contributed by atoms with Crippen molar-refractivity contribution in [1.82, 2.24) is 9.78 Å². The average molecular weight is 385 g/mol. The molecule has 0 saturated carbocycles. The minimum absolute atomic E-state index is 0.0308. The van der Waals surface area contributed by atoms with Crippen molar-refractivity contribution in [3.8, 4) is 11.1 Å². The Morgan fingerprint density at radius 2 is 1.89 bits per heavy atom. The molecular weight excluding hydrogens is 371 g/mol. The third kappa shape index (κ3) is 3.41. The number of aromatic nitrogens is 2. The number of nitrogens with zero attached hydrogens (tertiary/aromatic N) is 2. The maximum atomic E-state index is 13.2. The molecule has 4 rings (SSSR count). The van der Waals surface area contributed by atoms with Gasteiger partial charge in [0.2, 0.25) is 11.8 Å². The first-order chi connectivity index (χ1) is 13.0. The van der Waals surface area contributed by atoms with Crippen LogP contribution in [-0.4, -0.2) is 21.6 Å². The Labute approximate surface area is 158 Å². The van der Waals surface area contributed by atoms with Gasteiger partial charge in [0, 0.05) is 16.3 Å². The second-order valence-electron chi connectivity index (χ2n) is 6.12. The van der Waals surface area contributed by atoms with Crippen molar-refractivity contribution in [3.05, 3.63) is 65.6 Å². The summed E-state index contributed by atoms with van der Waals surface area (Å²) >= 11 is 5.85. The van der Waals surface area contributed by atoms with Gasteiger partial charge in [0.1, 0.15) is 17.7 Å². The summed E-state index contributed by atoms with van der Waals surface area (Å²) in [6.45, 7) is 0. The van der Waals surface area contributed by atoms with Crippen LogP contribution in [0.5, 0.6) is 0 Å². The zero-order valence-corrected chi connectivity index (χ0v) is 14.7. The first-order valence-electron chi connectivity index (χ1n) is 8.21. The van der Waals surface area contributed by atoms with E-state index in [0.29, 0.717) is 27.7 Å². The molecule has 2 amide bonds. The van der Waals surface area contributed by atoms with Crippen LogP contribution in [0.1, 0.15) is 12.5 Å². The molecule has 0 fully saturated rings. The van der Waals surface area contributed by atoms with Crippen LogP contribution < -0.4 is 10.6 Å². The molecule has 0 aliphatic carbocycles. The van der Waals surface area contributed by atoms with Crippen LogP contribution in [0.2, 0.25) is 5.02 Å². The van der Waals surface area contributed by atoms with E-state index in [1.165, 1.54) is 16.8 Å². The highest BCUT2D eigenvalue weighted by molar-refractivity contribution is 6.30. The lowest BCUT2D eigenvalue weighted by Crippen LogP contribution is -2.35. The van der Waals surface area contributed by atoms with Gasteiger partial charge in [-0.25, -0.2) is 9.07 Å². The van der Waals surface area contributed by atoms with Gasteiger partial charge in [-0.2, -0.15) is 5.10 Å². The molecule has 3 aromatic rings. The molecular formula is C19H14ClFN4O2. The van der Waals surface area contributed by atoms with Crippen LogP contribution in [-0.2, 0) is 9.59 Å². The summed E-state index contributed by atoms with van der Waals surface area (Å²) < 4.78 is 14.7. The van der Waals surface area contributed by atoms with Crippen LogP contribution in [0.15, 0.2) is 54.7 Å². The lowest BCUT2D eigenvalue weighted by molar-refractivity contribution is -0.125. The zero-order chi connectivity index (χ0) is 19.0. The lowest BCUT2D eigenvalue weighted by Gasteiger charge is -2.24. The molecule has 1 aliphatic heterocycles. The molecule has 0 saturated heterocycles. The van der Waals surface area contributed by atoms with Crippen molar-refractivity contribution in [3.63, 3.8) is 0 Å². The minimum Gasteiger partial charge on any atom is -0.324 e. The predicted molar refractivity (Wildman–Crippen MR) is 100.0 cm³/mol. The van der Waals surface area contributed by atoms with Gasteiger partial charge in [-0.05, 0) is 42.0 Å². The normalized spacial score (nSPS) is 15.8. The van der Waals surface area contributed by atoms with Crippen LogP contribution in [0.4, 0.5) is 15.9 Å². The Bertz CT molecular complexity index is 1020. The number of nitrogens with one attached hydrogen (secondary N) is 2. The van der Waals surface area contributed by atoms with Gasteiger partial charge in [0.15, 0.2) is 0 Å². The van der Waals surface area contributed by atoms with Crippen molar-refractivity contribution in [1.29, 1.82) is 0 Å². The maximum Gasteiger partial charge on any atom is 0.249 e. The number of benzene rings is 2. The first kappa shape index (κ1) is 17.2. The molecule has 2 aromatic carbocycles. The van der Waals surface area contributed by atoms with Crippen molar-refractivity contribution < 1.29 is 14.0 Å². The number of anilines is 2. The van der Waals surface area contributed by atoms with Gasteiger partial charge >= 0.3 is 0 Å². The number of amides is 2. The molecule has 1 unspecified atom stereocenters. The molecule has 136 valence electrons. The van der Waals surface area contributed by atoms with Gasteiger partial charge in [-0.1, -0.05) is 23.7 Å². The van der Waals surface area contributed by atoms with Crippen molar-refractivity contribution in [2.75, 3.05) is 10.6 Å². The van der Waals surface area contributed by atoms with E-state index >= 15 is 0 Å². The SMILES string of the molecule is O=C1CC(C(=O)Nc2ccc(Cl)cc2)n2ncc(-c3ccc(F)cc3)c2N1. The first-order valence-corrected chi connectivity index (χ1v) is 8.59. The number of hydrogen-bond acceptors (Lipinski definition) is 3. The molecule has 1 aromatic heterocycles. The zero-order valence-electron chi connectivity index (χ0n) is 13.9. The smallest absolute Gasteiger partial charge is 0.249 e. The fourth-order valence-electron chi connectivity index (χ4n) is 2.97. The standard InChI is InChI=1S/C19H14ClFN4O2/c20-12-3-7-14(8-4-12)23-19(27)16-9-17(26)24-18-15(10-22-25(16)18)11-1-5-13(21)6-2-11/h1-8,10,16H,9H2,(H,23,27)(H,24,26). The maximum absolute atomic E-state index is 13.2. The molecule has 0 bridgehead atoms. The van der Waals surface area contributed by atoms with E-state index < -0.39 is 6.04 Å². The van der Waals surface area contributed by atoms with E-state index in [9.17, 15) is 14.0 Å². The third-order valence-electron chi connectivity index (χ3n) is 4.30. The number of hydrogen-bond donors (Lipinski definition) is 2. The molecule has 27 heavy (non-hydrogen) atoms. The van der Waals surface area contributed by atoms with Gasteiger partial charge in [-0.3, -0.25) is 9.59 Å². The molecule has 1 aliphatic rings. The van der Waals surface area contributed by atoms with Gasteiger partial charge in [0.05, 0.1) is 12.6 Å². The van der Waals surface area contributed by atoms with E-state index in [4.69, 9.17) is 11.6 Å². The van der Waals surface area contributed by atoms with E-state index in [2.05, 4.69) is 15.7 Å². The van der Waals surface area contributed by atoms with E-state index in [-0.39, 0.29) is 24.1 Å². The predicted octanol–water partition coefficient (Wildman–Crippen LogP) is 3.86. The highest BCUT2D eigenvalue weighted by atomic mass is 35.5. The highest BCUT2D eigenvalue weighted by Gasteiger charge is 2.33. The van der Waals surface area contributed by atoms with Crippen molar-refractivity contribution in [2.45, 2.75) is 12.5 Å². The summed E-state index contributed by atoms with van der Waals surface area (Å²) in [6, 6.07) is 11.7. The van der Waals surface area contributed by atoms with Gasteiger partial charge < -0.3 is 10.6 Å². The Kier molecular flexibility index (Phi) is 4.37. The highest BCUT2D eigenvalue weighted by Crippen LogP contribution is 2.34. The van der Waals surface area contributed by atoms with Gasteiger partial charge in [0.25, 0.3) is 0 Å². The fourth-order valence-corrected chi connectivity index (χ4v) is 3.10. The van der Waals surface area contributed by atoms with Crippen LogP contribution in [0.25, 0.3) is 11.1 Å². The number of halogens is 2. The molecule has 1 atom stereocenters. The topological polar surface area (TPSA) is 76.0 Å². The summed E-state index contributed by atoms with van der Waals surface area (Å²) in [6.07, 6.45) is 1.52. The summed E-state index contributed by atoms with van der Waals surface area (Å²) in [4.78, 5) is 24.9. The molecule has 0 radical (unpaired) electrons. The monoisotopic (exact) mass is 384 g/mol. The van der Waals surface area contributed by atoms with Crippen LogP contribution in [0.3, 0.4) is 0 Å². The van der Waals surface area contributed by atoms with E-state index in [1.54, 1.807) is 42.6 Å². The molecule has 8 heteroatoms. The van der Waals surface area contributed by atoms with Crippen molar-refractivity contribution in [2.24, 2.45) is 0 Å². The summed E-state index contributed by atoms with van der Waals surface area (Å²) in [5.74, 6) is -0.594. The van der Waals surface area contributed by atoms with Crippen LogP contribution in [0, 0.1) is 5.82 Å². The quantitative estimate of drug-likeness (QED) is 0.719. The lowest BCUT2D eigenvalue weighted by atomic mass is 10.1. The second-order valence-corrected chi connectivity index (χ2v) is 6.56. The average Bonchev–Trinajstić information content (AvgIpc) is 3.07. The summed E-state index contributed by atoms with van der Waals surface area (Å²) in [5, 5.41) is 10.4. The Morgan fingerprint density at radius 1 is 1.19 bits per heavy atom. The number of carbonyl (C=O) groups excluding carboxylic acids is 2. The Balaban J connectivity index is 1.65. The fraction of sp³-hybridized carbons (Fsp3) is 0.105. The number of fused-ring (bicyclic) bond motifs is 1.